The molecule has 0 aliphatic heterocycles. The van der Waals surface area contributed by atoms with Gasteiger partial charge in [-0.1, -0.05) is 24.6 Å². The Hall–Kier alpha value is -1.10. The van der Waals surface area contributed by atoms with Crippen molar-refractivity contribution in [1.82, 2.24) is 4.90 Å². The molecule has 0 amide bonds. The predicted molar refractivity (Wildman–Crippen MR) is 82.1 cm³/mol. The number of nitrogens with zero attached hydrogens (tertiary/aromatic N) is 1. The molecule has 0 saturated heterocycles. The number of rotatable bonds is 4. The van der Waals surface area contributed by atoms with Crippen molar-refractivity contribution in [3.8, 4) is 0 Å². The Kier molecular flexibility index (Phi) is 9.21. The molecule has 0 fully saturated rings. The molecule has 114 valence electrons. The molecule has 0 saturated carbocycles. The maximum atomic E-state index is 10.6. The van der Waals surface area contributed by atoms with E-state index in [1.807, 2.05) is 0 Å². The molecule has 20 heavy (non-hydrogen) atoms. The minimum absolute atomic E-state index is 0.222. The maximum Gasteiger partial charge on any atom is 0.372 e. The summed E-state index contributed by atoms with van der Waals surface area (Å²) in [5.41, 5.74) is 0.222. The van der Waals surface area contributed by atoms with Crippen molar-refractivity contribution in [3.63, 3.8) is 0 Å². The van der Waals surface area contributed by atoms with E-state index in [4.69, 9.17) is 16.9 Å². The molecule has 0 radical (unpaired) electrons. The van der Waals surface area contributed by atoms with Crippen LogP contribution in [0, 0.1) is 0 Å². The van der Waals surface area contributed by atoms with Gasteiger partial charge in [0.05, 0.1) is 5.56 Å². The zero-order valence-electron chi connectivity index (χ0n) is 12.8. The summed E-state index contributed by atoms with van der Waals surface area (Å²) in [7, 11) is 0. The average molecular weight is 302 g/mol. The number of halogens is 1. The van der Waals surface area contributed by atoms with Crippen LogP contribution in [0.5, 0.6) is 0 Å². The first kappa shape index (κ1) is 18.9. The van der Waals surface area contributed by atoms with Crippen molar-refractivity contribution >= 4 is 17.6 Å². The molecule has 0 atom stereocenters. The highest BCUT2D eigenvalue weighted by Gasteiger charge is 2.09. The van der Waals surface area contributed by atoms with Gasteiger partial charge in [0, 0.05) is 17.1 Å². The molecular weight excluding hydrogens is 278 g/mol. The topological polar surface area (TPSA) is 49.8 Å². The lowest BCUT2D eigenvalue weighted by Gasteiger charge is -2.28. The van der Waals surface area contributed by atoms with Crippen molar-refractivity contribution < 1.29 is 14.9 Å². The second-order valence-electron chi connectivity index (χ2n) is 4.91. The van der Waals surface area contributed by atoms with E-state index in [9.17, 15) is 4.79 Å². The Labute approximate surface area is 126 Å². The van der Waals surface area contributed by atoms with Crippen LogP contribution in [0.1, 0.15) is 45.0 Å². The van der Waals surface area contributed by atoms with Crippen LogP contribution in [-0.2, 0) is 4.89 Å². The monoisotopic (exact) mass is 301 g/mol. The number of carbonyl (C=O) groups is 1. The molecule has 1 rings (SSSR count). The summed E-state index contributed by atoms with van der Waals surface area (Å²) < 4.78 is 0. The van der Waals surface area contributed by atoms with Crippen LogP contribution in [-0.4, -0.2) is 34.8 Å². The van der Waals surface area contributed by atoms with Crippen LogP contribution in [0.25, 0.3) is 0 Å². The zero-order chi connectivity index (χ0) is 15.7. The molecule has 4 nitrogen and oxygen atoms in total. The van der Waals surface area contributed by atoms with E-state index in [0.717, 1.165) is 6.54 Å². The lowest BCUT2D eigenvalue weighted by atomic mass is 10.2. The van der Waals surface area contributed by atoms with Crippen LogP contribution in [0.15, 0.2) is 24.3 Å². The van der Waals surface area contributed by atoms with Gasteiger partial charge < -0.3 is 0 Å². The quantitative estimate of drug-likeness (QED) is 0.672. The van der Waals surface area contributed by atoms with Gasteiger partial charge in [-0.2, -0.15) is 5.26 Å². The van der Waals surface area contributed by atoms with E-state index in [1.54, 1.807) is 12.1 Å². The fourth-order valence-electron chi connectivity index (χ4n) is 1.99. The van der Waals surface area contributed by atoms with Gasteiger partial charge >= 0.3 is 5.97 Å². The van der Waals surface area contributed by atoms with E-state index in [0.29, 0.717) is 17.1 Å². The molecule has 0 bridgehead atoms. The number of hydrogen-bond donors (Lipinski definition) is 1. The minimum atomic E-state index is -0.813. The first-order chi connectivity index (χ1) is 9.33. The van der Waals surface area contributed by atoms with Crippen LogP contribution < -0.4 is 0 Å². The summed E-state index contributed by atoms with van der Waals surface area (Å²) in [6.07, 6.45) is 0. The van der Waals surface area contributed by atoms with Gasteiger partial charge in [0.1, 0.15) is 0 Å². The van der Waals surface area contributed by atoms with Crippen molar-refractivity contribution in [1.29, 1.82) is 0 Å². The van der Waals surface area contributed by atoms with E-state index in [-0.39, 0.29) is 5.56 Å². The molecule has 1 aromatic rings. The Bertz CT molecular complexity index is 400. The third kappa shape index (κ3) is 6.89. The van der Waals surface area contributed by atoms with Crippen LogP contribution in [0.2, 0.25) is 5.02 Å². The Balaban J connectivity index is 0.000000370. The van der Waals surface area contributed by atoms with E-state index < -0.39 is 5.97 Å². The fourth-order valence-corrected chi connectivity index (χ4v) is 2.19. The highest BCUT2D eigenvalue weighted by Crippen LogP contribution is 2.10. The van der Waals surface area contributed by atoms with Crippen molar-refractivity contribution in [3.05, 3.63) is 34.9 Å². The minimum Gasteiger partial charge on any atom is -0.299 e. The standard InChI is InChI=1S/C8H19N.C7H5ClO3/c1-6-9(7(2)3)8(4)5;8-6-3-1-2-5(4-6)7(9)11-10/h7-8H,6H2,1-5H3;1-4,10H. The summed E-state index contributed by atoms with van der Waals surface area (Å²) in [5.74, 6) is -0.813. The van der Waals surface area contributed by atoms with Crippen LogP contribution in [0.4, 0.5) is 0 Å². The normalized spacial score (nSPS) is 10.5. The molecule has 0 aromatic heterocycles. The largest absolute Gasteiger partial charge is 0.372 e. The predicted octanol–water partition coefficient (Wildman–Crippen LogP) is 4.09. The van der Waals surface area contributed by atoms with Gasteiger partial charge in [0.25, 0.3) is 0 Å². The molecule has 0 unspecified atom stereocenters. The van der Waals surface area contributed by atoms with E-state index >= 15 is 0 Å². The highest BCUT2D eigenvalue weighted by atomic mass is 35.5. The van der Waals surface area contributed by atoms with Gasteiger partial charge in [-0.25, -0.2) is 4.79 Å². The first-order valence-electron chi connectivity index (χ1n) is 6.70. The average Bonchev–Trinajstić information content (AvgIpc) is 2.38. The number of hydrogen-bond acceptors (Lipinski definition) is 4. The molecule has 0 aliphatic rings. The fraction of sp³-hybridized carbons (Fsp3) is 0.533. The third-order valence-corrected chi connectivity index (χ3v) is 3.07. The molecule has 0 heterocycles. The summed E-state index contributed by atoms with van der Waals surface area (Å²) in [6, 6.07) is 7.49. The van der Waals surface area contributed by atoms with Gasteiger partial charge in [0.15, 0.2) is 0 Å². The number of carbonyl (C=O) groups excluding carboxylic acids is 1. The summed E-state index contributed by atoms with van der Waals surface area (Å²) >= 11 is 5.56. The molecular formula is C15H24ClNO3. The first-order valence-corrected chi connectivity index (χ1v) is 7.08. The third-order valence-electron chi connectivity index (χ3n) is 2.83. The lowest BCUT2D eigenvalue weighted by molar-refractivity contribution is -0.182. The molecule has 0 aliphatic carbocycles. The van der Waals surface area contributed by atoms with Gasteiger partial charge in [-0.05, 0) is 52.4 Å². The molecule has 5 heteroatoms. The number of benzene rings is 1. The van der Waals surface area contributed by atoms with E-state index in [2.05, 4.69) is 44.4 Å². The molecule has 0 spiro atoms. The van der Waals surface area contributed by atoms with Crippen molar-refractivity contribution in [2.24, 2.45) is 0 Å². The van der Waals surface area contributed by atoms with Gasteiger partial charge in [-0.15, -0.1) is 0 Å². The SMILES string of the molecule is CCN(C(C)C)C(C)C.O=C(OO)c1cccc(Cl)c1. The Morgan fingerprint density at radius 1 is 1.30 bits per heavy atom. The Morgan fingerprint density at radius 2 is 1.85 bits per heavy atom. The van der Waals surface area contributed by atoms with Crippen molar-refractivity contribution in [2.75, 3.05) is 6.54 Å². The second-order valence-corrected chi connectivity index (χ2v) is 5.34. The van der Waals surface area contributed by atoms with Crippen LogP contribution >= 0.6 is 11.6 Å². The highest BCUT2D eigenvalue weighted by molar-refractivity contribution is 6.30. The smallest absolute Gasteiger partial charge is 0.299 e. The maximum absolute atomic E-state index is 10.6. The second kappa shape index (κ2) is 9.75. The van der Waals surface area contributed by atoms with Crippen molar-refractivity contribution in [2.45, 2.75) is 46.7 Å². The van der Waals surface area contributed by atoms with Crippen LogP contribution in [0.3, 0.4) is 0 Å². The lowest BCUT2D eigenvalue weighted by Crippen LogP contribution is -2.36. The van der Waals surface area contributed by atoms with E-state index in [1.165, 1.54) is 12.1 Å². The Morgan fingerprint density at radius 3 is 2.15 bits per heavy atom. The van der Waals surface area contributed by atoms with Gasteiger partial charge in [0.2, 0.25) is 0 Å². The molecule has 1 N–H and O–H groups in total. The summed E-state index contributed by atoms with van der Waals surface area (Å²) in [4.78, 5) is 16.6. The zero-order valence-corrected chi connectivity index (χ0v) is 13.5. The molecule has 1 aromatic carbocycles. The summed E-state index contributed by atoms with van der Waals surface area (Å²) in [5, 5.41) is 8.41. The summed E-state index contributed by atoms with van der Waals surface area (Å²) in [6.45, 7) is 12.3. The van der Waals surface area contributed by atoms with Gasteiger partial charge in [-0.3, -0.25) is 9.79 Å².